The van der Waals surface area contributed by atoms with E-state index < -0.39 is 29.6 Å². The molecule has 8 nitrogen and oxygen atoms in total. The second kappa shape index (κ2) is 10.5. The number of amides is 2. The Bertz CT molecular complexity index is 1050. The quantitative estimate of drug-likeness (QED) is 0.596. The molecular formula is C27H32N2O6. The first-order chi connectivity index (χ1) is 16.9. The fourth-order valence-corrected chi connectivity index (χ4v) is 5.40. The average molecular weight is 481 g/mol. The Morgan fingerprint density at radius 2 is 1.60 bits per heavy atom. The van der Waals surface area contributed by atoms with Gasteiger partial charge in [-0.3, -0.25) is 4.79 Å². The summed E-state index contributed by atoms with van der Waals surface area (Å²) in [7, 11) is 2.91. The maximum absolute atomic E-state index is 13.3. The standard InChI is InChI=1S/C27H32N2O6/c1-29(27(25(31)32)14-8-3-9-15-27)24(30)23(17-34-2)28-26(33)35-16-22-20-12-6-4-10-18(20)19-11-5-7-13-21(19)22/h4-7,10-13,22-23H,3,8-9,14-17H2,1-2H3,(H,28,33)(H,31,32). The molecule has 8 heteroatoms. The van der Waals surface area contributed by atoms with Gasteiger partial charge in [-0.05, 0) is 35.1 Å². The van der Waals surface area contributed by atoms with Gasteiger partial charge < -0.3 is 24.8 Å². The number of aliphatic carboxylic acids is 1. The molecule has 2 aliphatic rings. The predicted octanol–water partition coefficient (Wildman–Crippen LogP) is 3.79. The molecule has 0 bridgehead atoms. The Morgan fingerprint density at radius 3 is 2.14 bits per heavy atom. The van der Waals surface area contributed by atoms with Crippen molar-refractivity contribution in [3.8, 4) is 11.1 Å². The molecule has 0 saturated heterocycles. The summed E-state index contributed by atoms with van der Waals surface area (Å²) < 4.78 is 10.7. The number of carboxylic acid groups (broad SMARTS) is 1. The summed E-state index contributed by atoms with van der Waals surface area (Å²) in [5, 5.41) is 12.5. The third-order valence-electron chi connectivity index (χ3n) is 7.32. The van der Waals surface area contributed by atoms with E-state index in [0.717, 1.165) is 41.5 Å². The number of fused-ring (bicyclic) bond motifs is 3. The fourth-order valence-electron chi connectivity index (χ4n) is 5.40. The molecule has 2 aromatic rings. The van der Waals surface area contributed by atoms with Crippen molar-refractivity contribution in [1.82, 2.24) is 10.2 Å². The lowest BCUT2D eigenvalue weighted by Crippen LogP contribution is -2.61. The summed E-state index contributed by atoms with van der Waals surface area (Å²) in [6, 6.07) is 15.0. The van der Waals surface area contributed by atoms with Gasteiger partial charge in [-0.2, -0.15) is 0 Å². The Morgan fingerprint density at radius 1 is 1.03 bits per heavy atom. The van der Waals surface area contributed by atoms with Crippen LogP contribution in [0.15, 0.2) is 48.5 Å². The number of benzene rings is 2. The van der Waals surface area contributed by atoms with Crippen LogP contribution in [0.5, 0.6) is 0 Å². The molecule has 35 heavy (non-hydrogen) atoms. The first kappa shape index (κ1) is 24.7. The highest BCUT2D eigenvalue weighted by molar-refractivity contribution is 5.91. The van der Waals surface area contributed by atoms with Gasteiger partial charge in [0.2, 0.25) is 5.91 Å². The average Bonchev–Trinajstić information content (AvgIpc) is 3.20. The van der Waals surface area contributed by atoms with E-state index in [-0.39, 0.29) is 19.1 Å². The highest BCUT2D eigenvalue weighted by atomic mass is 16.5. The Balaban J connectivity index is 1.44. The van der Waals surface area contributed by atoms with Crippen LogP contribution < -0.4 is 5.32 Å². The van der Waals surface area contributed by atoms with E-state index in [4.69, 9.17) is 9.47 Å². The van der Waals surface area contributed by atoms with Gasteiger partial charge in [-0.15, -0.1) is 0 Å². The smallest absolute Gasteiger partial charge is 0.407 e. The Labute approximate surface area is 205 Å². The van der Waals surface area contributed by atoms with Gasteiger partial charge >= 0.3 is 12.1 Å². The number of ether oxygens (including phenoxy) is 2. The number of carbonyl (C=O) groups is 3. The van der Waals surface area contributed by atoms with Gasteiger partial charge in [0.05, 0.1) is 6.61 Å². The molecule has 2 amide bonds. The van der Waals surface area contributed by atoms with Crippen molar-refractivity contribution in [1.29, 1.82) is 0 Å². The van der Waals surface area contributed by atoms with E-state index in [9.17, 15) is 19.5 Å². The van der Waals surface area contributed by atoms with Crippen molar-refractivity contribution in [3.63, 3.8) is 0 Å². The first-order valence-electron chi connectivity index (χ1n) is 12.0. The van der Waals surface area contributed by atoms with Crippen molar-refractivity contribution in [3.05, 3.63) is 59.7 Å². The zero-order valence-electron chi connectivity index (χ0n) is 20.2. The van der Waals surface area contributed by atoms with Gasteiger partial charge in [0, 0.05) is 20.1 Å². The topological polar surface area (TPSA) is 105 Å². The van der Waals surface area contributed by atoms with Crippen LogP contribution in [0.1, 0.15) is 49.1 Å². The Hall–Kier alpha value is -3.39. The largest absolute Gasteiger partial charge is 0.479 e. The lowest BCUT2D eigenvalue weighted by molar-refractivity contribution is -0.161. The summed E-state index contributed by atoms with van der Waals surface area (Å²) in [4.78, 5) is 39.4. The molecule has 1 fully saturated rings. The summed E-state index contributed by atoms with van der Waals surface area (Å²) in [5.74, 6) is -1.64. The molecular weight excluding hydrogens is 448 g/mol. The van der Waals surface area contributed by atoms with Crippen LogP contribution >= 0.6 is 0 Å². The van der Waals surface area contributed by atoms with Crippen LogP contribution in [-0.2, 0) is 19.1 Å². The summed E-state index contributed by atoms with van der Waals surface area (Å²) in [6.07, 6.45) is 2.43. The number of methoxy groups -OCH3 is 1. The molecule has 0 radical (unpaired) electrons. The molecule has 1 atom stereocenters. The first-order valence-corrected chi connectivity index (χ1v) is 12.0. The highest BCUT2D eigenvalue weighted by Crippen LogP contribution is 2.44. The van der Waals surface area contributed by atoms with E-state index in [1.54, 1.807) is 0 Å². The number of carboxylic acids is 1. The molecule has 2 aromatic carbocycles. The molecule has 0 heterocycles. The van der Waals surface area contributed by atoms with E-state index in [1.807, 2.05) is 36.4 Å². The van der Waals surface area contributed by atoms with Crippen LogP contribution in [0.25, 0.3) is 11.1 Å². The molecule has 186 valence electrons. The maximum Gasteiger partial charge on any atom is 0.407 e. The number of alkyl carbamates (subject to hydrolysis) is 1. The molecule has 0 spiro atoms. The van der Waals surface area contributed by atoms with Gasteiger partial charge in [0.25, 0.3) is 0 Å². The van der Waals surface area contributed by atoms with E-state index in [1.165, 1.54) is 19.1 Å². The molecule has 2 aliphatic carbocycles. The van der Waals surface area contributed by atoms with Crippen molar-refractivity contribution in [2.24, 2.45) is 0 Å². The second-order valence-corrected chi connectivity index (χ2v) is 9.27. The molecule has 4 rings (SSSR count). The molecule has 0 aliphatic heterocycles. The van der Waals surface area contributed by atoms with E-state index in [0.29, 0.717) is 12.8 Å². The SMILES string of the molecule is COCC(NC(=O)OCC1c2ccccc2-c2ccccc21)C(=O)N(C)C1(C(=O)O)CCCCC1. The monoisotopic (exact) mass is 480 g/mol. The minimum atomic E-state index is -1.27. The molecule has 1 unspecified atom stereocenters. The van der Waals surface area contributed by atoms with Crippen molar-refractivity contribution in [2.45, 2.75) is 49.6 Å². The zero-order chi connectivity index (χ0) is 25.0. The minimum absolute atomic E-state index is 0.0942. The number of rotatable bonds is 8. The van der Waals surface area contributed by atoms with Crippen molar-refractivity contribution in [2.75, 3.05) is 27.4 Å². The van der Waals surface area contributed by atoms with Gasteiger partial charge in [-0.25, -0.2) is 9.59 Å². The number of carbonyl (C=O) groups excluding carboxylic acids is 2. The van der Waals surface area contributed by atoms with Crippen LogP contribution in [0.2, 0.25) is 0 Å². The predicted molar refractivity (Wildman–Crippen MR) is 130 cm³/mol. The minimum Gasteiger partial charge on any atom is -0.479 e. The van der Waals surface area contributed by atoms with Crippen LogP contribution in [0.4, 0.5) is 4.79 Å². The van der Waals surface area contributed by atoms with Crippen LogP contribution in [0, 0.1) is 0 Å². The normalized spacial score (nSPS) is 17.1. The third kappa shape index (κ3) is 4.75. The number of nitrogens with zero attached hydrogens (tertiary/aromatic N) is 1. The van der Waals surface area contributed by atoms with E-state index in [2.05, 4.69) is 17.4 Å². The molecule has 0 aromatic heterocycles. The third-order valence-corrected chi connectivity index (χ3v) is 7.32. The number of nitrogens with one attached hydrogen (secondary N) is 1. The van der Waals surface area contributed by atoms with Crippen molar-refractivity contribution >= 4 is 18.0 Å². The highest BCUT2D eigenvalue weighted by Gasteiger charge is 2.47. The number of hydrogen-bond donors (Lipinski definition) is 2. The summed E-state index contributed by atoms with van der Waals surface area (Å²) in [6.45, 7) is 0.0196. The van der Waals surface area contributed by atoms with Crippen LogP contribution in [-0.4, -0.2) is 66.9 Å². The molecule has 1 saturated carbocycles. The van der Waals surface area contributed by atoms with Gasteiger partial charge in [0.1, 0.15) is 18.2 Å². The van der Waals surface area contributed by atoms with Gasteiger partial charge in [-0.1, -0.05) is 67.8 Å². The summed E-state index contributed by atoms with van der Waals surface area (Å²) >= 11 is 0. The fraction of sp³-hybridized carbons (Fsp3) is 0.444. The van der Waals surface area contributed by atoms with Gasteiger partial charge in [0.15, 0.2) is 0 Å². The lowest BCUT2D eigenvalue weighted by Gasteiger charge is -2.42. The Kier molecular flexibility index (Phi) is 7.40. The second-order valence-electron chi connectivity index (χ2n) is 9.27. The maximum atomic E-state index is 13.3. The van der Waals surface area contributed by atoms with E-state index >= 15 is 0 Å². The zero-order valence-corrected chi connectivity index (χ0v) is 20.2. The number of hydrogen-bond acceptors (Lipinski definition) is 5. The molecule has 2 N–H and O–H groups in total. The van der Waals surface area contributed by atoms with Crippen molar-refractivity contribution < 1.29 is 29.0 Å². The lowest BCUT2D eigenvalue weighted by atomic mass is 9.80. The summed E-state index contributed by atoms with van der Waals surface area (Å²) in [5.41, 5.74) is 3.15. The number of likely N-dealkylation sites (N-methyl/N-ethyl adjacent to an activating group) is 1. The van der Waals surface area contributed by atoms with Crippen LogP contribution in [0.3, 0.4) is 0 Å².